The van der Waals surface area contributed by atoms with Crippen LogP contribution in [0.1, 0.15) is 17.9 Å². The van der Waals surface area contributed by atoms with E-state index in [0.717, 1.165) is 30.0 Å². The molecule has 0 aliphatic heterocycles. The summed E-state index contributed by atoms with van der Waals surface area (Å²) in [5.41, 5.74) is 0.888. The van der Waals surface area contributed by atoms with E-state index in [1.165, 1.54) is 0 Å². The average molecular weight is 311 g/mol. The summed E-state index contributed by atoms with van der Waals surface area (Å²) in [4.78, 5) is 4.23. The highest BCUT2D eigenvalue weighted by Gasteiger charge is 2.01. The summed E-state index contributed by atoms with van der Waals surface area (Å²) >= 11 is 0. The van der Waals surface area contributed by atoms with Gasteiger partial charge in [-0.2, -0.15) is 5.21 Å². The van der Waals surface area contributed by atoms with Gasteiger partial charge in [-0.05, 0) is 30.7 Å². The molecule has 0 fully saturated rings. The lowest BCUT2D eigenvalue weighted by Crippen LogP contribution is -2.01. The third-order valence-corrected chi connectivity index (χ3v) is 3.12. The minimum absolute atomic E-state index is 0.433. The minimum Gasteiger partial charge on any atom is -0.493 e. The predicted octanol–water partition coefficient (Wildman–Crippen LogP) is 2.19. The van der Waals surface area contributed by atoms with Gasteiger partial charge in [0.1, 0.15) is 18.1 Å². The number of benzene rings is 1. The SMILES string of the molecule is c1ccc(COc2cccc(OCCCc3nn[nH]n3)c2)nc1. The average Bonchev–Trinajstić information content (AvgIpc) is 3.12. The van der Waals surface area contributed by atoms with Crippen LogP contribution in [0.2, 0.25) is 0 Å². The smallest absolute Gasteiger partial charge is 0.174 e. The van der Waals surface area contributed by atoms with Crippen molar-refractivity contribution < 1.29 is 9.47 Å². The van der Waals surface area contributed by atoms with Gasteiger partial charge in [-0.25, -0.2) is 0 Å². The van der Waals surface area contributed by atoms with Crippen molar-refractivity contribution in [2.24, 2.45) is 0 Å². The number of H-pyrrole nitrogens is 1. The summed E-state index contributed by atoms with van der Waals surface area (Å²) in [5, 5.41) is 13.7. The highest BCUT2D eigenvalue weighted by atomic mass is 16.5. The Bertz CT molecular complexity index is 704. The van der Waals surface area contributed by atoms with Crippen molar-refractivity contribution in [3.63, 3.8) is 0 Å². The van der Waals surface area contributed by atoms with Crippen LogP contribution in [0.4, 0.5) is 0 Å². The summed E-state index contributed by atoms with van der Waals surface area (Å²) in [6.07, 6.45) is 3.30. The molecule has 0 aliphatic carbocycles. The van der Waals surface area contributed by atoms with E-state index in [4.69, 9.17) is 9.47 Å². The topological polar surface area (TPSA) is 85.8 Å². The van der Waals surface area contributed by atoms with Gasteiger partial charge in [0.2, 0.25) is 0 Å². The van der Waals surface area contributed by atoms with E-state index in [1.54, 1.807) is 6.20 Å². The fourth-order valence-corrected chi connectivity index (χ4v) is 2.00. The van der Waals surface area contributed by atoms with Crippen LogP contribution in [-0.4, -0.2) is 32.2 Å². The molecule has 3 aromatic rings. The normalized spacial score (nSPS) is 10.4. The van der Waals surface area contributed by atoms with Gasteiger partial charge in [-0.15, -0.1) is 10.2 Å². The first-order valence-electron chi connectivity index (χ1n) is 7.38. The van der Waals surface area contributed by atoms with Crippen molar-refractivity contribution >= 4 is 0 Å². The van der Waals surface area contributed by atoms with Gasteiger partial charge in [0.25, 0.3) is 0 Å². The van der Waals surface area contributed by atoms with Crippen LogP contribution in [0.5, 0.6) is 11.5 Å². The van der Waals surface area contributed by atoms with Crippen molar-refractivity contribution in [1.82, 2.24) is 25.6 Å². The molecule has 0 amide bonds. The van der Waals surface area contributed by atoms with Crippen LogP contribution >= 0.6 is 0 Å². The maximum Gasteiger partial charge on any atom is 0.174 e. The Morgan fingerprint density at radius 1 is 1.00 bits per heavy atom. The van der Waals surface area contributed by atoms with Crippen molar-refractivity contribution in [3.05, 3.63) is 60.2 Å². The molecule has 1 aromatic carbocycles. The van der Waals surface area contributed by atoms with E-state index >= 15 is 0 Å². The standard InChI is InChI=1S/C16H17N5O2/c1-2-9-17-13(5-1)12-23-15-7-3-6-14(11-15)22-10-4-8-16-18-20-21-19-16/h1-3,5-7,9,11H,4,8,10,12H2,(H,18,19,20,21). The zero-order chi connectivity index (χ0) is 15.7. The summed E-state index contributed by atoms with van der Waals surface area (Å²) in [5.74, 6) is 2.23. The molecule has 2 heterocycles. The molecule has 23 heavy (non-hydrogen) atoms. The molecule has 0 saturated carbocycles. The predicted molar refractivity (Wildman–Crippen MR) is 83.0 cm³/mol. The van der Waals surface area contributed by atoms with Gasteiger partial charge in [-0.1, -0.05) is 17.3 Å². The Labute approximate surface area is 133 Å². The number of hydrogen-bond acceptors (Lipinski definition) is 6. The fourth-order valence-electron chi connectivity index (χ4n) is 2.00. The van der Waals surface area contributed by atoms with Crippen molar-refractivity contribution in [2.75, 3.05) is 6.61 Å². The first-order valence-corrected chi connectivity index (χ1v) is 7.38. The molecular formula is C16H17N5O2. The van der Waals surface area contributed by atoms with Crippen LogP contribution < -0.4 is 9.47 Å². The highest BCUT2D eigenvalue weighted by Crippen LogP contribution is 2.20. The largest absolute Gasteiger partial charge is 0.493 e. The Balaban J connectivity index is 1.45. The molecule has 7 nitrogen and oxygen atoms in total. The van der Waals surface area contributed by atoms with Crippen LogP contribution in [0.25, 0.3) is 0 Å². The maximum atomic E-state index is 5.72. The van der Waals surface area contributed by atoms with Crippen LogP contribution in [-0.2, 0) is 13.0 Å². The molecule has 3 rings (SSSR count). The summed E-state index contributed by atoms with van der Waals surface area (Å²) in [7, 11) is 0. The van der Waals surface area contributed by atoms with E-state index in [9.17, 15) is 0 Å². The molecular weight excluding hydrogens is 294 g/mol. The Hall–Kier alpha value is -2.96. The minimum atomic E-state index is 0.433. The first kappa shape index (κ1) is 15.0. The van der Waals surface area contributed by atoms with E-state index in [2.05, 4.69) is 25.6 Å². The number of aromatic amines is 1. The van der Waals surface area contributed by atoms with Gasteiger partial charge in [-0.3, -0.25) is 4.98 Å². The van der Waals surface area contributed by atoms with Gasteiger partial charge < -0.3 is 9.47 Å². The van der Waals surface area contributed by atoms with Gasteiger partial charge in [0.05, 0.1) is 12.3 Å². The molecule has 0 unspecified atom stereocenters. The molecule has 0 aliphatic rings. The summed E-state index contributed by atoms with van der Waals surface area (Å²) in [6, 6.07) is 13.3. The maximum absolute atomic E-state index is 5.72. The molecule has 0 saturated heterocycles. The van der Waals surface area contributed by atoms with Gasteiger partial charge in [0, 0.05) is 18.7 Å². The zero-order valence-electron chi connectivity index (χ0n) is 12.6. The van der Waals surface area contributed by atoms with E-state index in [1.807, 2.05) is 42.5 Å². The van der Waals surface area contributed by atoms with E-state index < -0.39 is 0 Å². The van der Waals surface area contributed by atoms with Crippen LogP contribution in [0, 0.1) is 0 Å². The van der Waals surface area contributed by atoms with Crippen molar-refractivity contribution in [3.8, 4) is 11.5 Å². The van der Waals surface area contributed by atoms with Crippen molar-refractivity contribution in [2.45, 2.75) is 19.4 Å². The molecule has 1 N–H and O–H groups in total. The third kappa shape index (κ3) is 4.77. The second kappa shape index (κ2) is 7.88. The summed E-state index contributed by atoms with van der Waals surface area (Å²) in [6.45, 7) is 1.01. The van der Waals surface area contributed by atoms with Crippen LogP contribution in [0.15, 0.2) is 48.7 Å². The van der Waals surface area contributed by atoms with Gasteiger partial charge >= 0.3 is 0 Å². The Kier molecular flexibility index (Phi) is 5.12. The first-order chi connectivity index (χ1) is 11.4. The number of nitrogens with zero attached hydrogens (tertiary/aromatic N) is 4. The Morgan fingerprint density at radius 3 is 2.70 bits per heavy atom. The zero-order valence-corrected chi connectivity index (χ0v) is 12.6. The number of pyridine rings is 1. The number of nitrogens with one attached hydrogen (secondary N) is 1. The Morgan fingerprint density at radius 2 is 1.91 bits per heavy atom. The number of aryl methyl sites for hydroxylation is 1. The summed E-state index contributed by atoms with van der Waals surface area (Å²) < 4.78 is 11.4. The lowest BCUT2D eigenvalue weighted by molar-refractivity contribution is 0.289. The van der Waals surface area contributed by atoms with Crippen molar-refractivity contribution in [1.29, 1.82) is 0 Å². The number of hydrogen-bond donors (Lipinski definition) is 1. The number of tetrazole rings is 1. The quantitative estimate of drug-likeness (QED) is 0.642. The lowest BCUT2D eigenvalue weighted by Gasteiger charge is -2.09. The highest BCUT2D eigenvalue weighted by molar-refractivity contribution is 5.33. The lowest BCUT2D eigenvalue weighted by atomic mass is 10.3. The number of ether oxygens (including phenoxy) is 2. The monoisotopic (exact) mass is 311 g/mol. The molecule has 0 spiro atoms. The fraction of sp³-hybridized carbons (Fsp3) is 0.250. The second-order valence-corrected chi connectivity index (χ2v) is 4.86. The third-order valence-electron chi connectivity index (χ3n) is 3.12. The van der Waals surface area contributed by atoms with E-state index in [-0.39, 0.29) is 0 Å². The molecule has 7 heteroatoms. The molecule has 118 valence electrons. The molecule has 0 atom stereocenters. The van der Waals surface area contributed by atoms with E-state index in [0.29, 0.717) is 19.0 Å². The van der Waals surface area contributed by atoms with Gasteiger partial charge in [0.15, 0.2) is 5.82 Å². The second-order valence-electron chi connectivity index (χ2n) is 4.86. The molecule has 0 bridgehead atoms. The number of aromatic nitrogens is 5. The van der Waals surface area contributed by atoms with Crippen LogP contribution in [0.3, 0.4) is 0 Å². The molecule has 0 radical (unpaired) electrons. The molecule has 2 aromatic heterocycles. The number of rotatable bonds is 8.